The first kappa shape index (κ1) is 26.5. The Labute approximate surface area is 228 Å². The van der Waals surface area contributed by atoms with E-state index in [1.807, 2.05) is 43.3 Å². The molecule has 1 fully saturated rings. The van der Waals surface area contributed by atoms with Crippen molar-refractivity contribution in [2.45, 2.75) is 70.9 Å². The summed E-state index contributed by atoms with van der Waals surface area (Å²) in [4.78, 5) is 41.4. The molecule has 0 saturated heterocycles. The van der Waals surface area contributed by atoms with Crippen molar-refractivity contribution in [2.75, 3.05) is 0 Å². The number of halogens is 1. The average molecular weight is 536 g/mol. The smallest absolute Gasteiger partial charge is 0.310 e. The van der Waals surface area contributed by atoms with Crippen molar-refractivity contribution in [1.82, 2.24) is 4.90 Å². The van der Waals surface area contributed by atoms with Crippen LogP contribution in [0.25, 0.3) is 0 Å². The maximum Gasteiger partial charge on any atom is 0.310 e. The summed E-state index contributed by atoms with van der Waals surface area (Å²) in [5.41, 5.74) is 0.853. The van der Waals surface area contributed by atoms with Gasteiger partial charge in [-0.25, -0.2) is 0 Å². The number of carbonyl (C=O) groups excluding carboxylic acids is 2. The van der Waals surface area contributed by atoms with Crippen LogP contribution in [0.4, 0.5) is 0 Å². The zero-order valence-corrected chi connectivity index (χ0v) is 22.5. The molecule has 6 nitrogen and oxygen atoms in total. The van der Waals surface area contributed by atoms with Gasteiger partial charge >= 0.3 is 5.97 Å². The Morgan fingerprint density at radius 2 is 1.89 bits per heavy atom. The molecule has 0 radical (unpaired) electrons. The van der Waals surface area contributed by atoms with Gasteiger partial charge in [-0.1, -0.05) is 55.7 Å². The van der Waals surface area contributed by atoms with Gasteiger partial charge in [-0.2, -0.15) is 0 Å². The Bertz CT molecular complexity index is 1270. The minimum atomic E-state index is -1.06. The largest absolute Gasteiger partial charge is 0.481 e. The van der Waals surface area contributed by atoms with E-state index in [4.69, 9.17) is 16.3 Å². The standard InChI is InChI=1S/C31H34ClNO5/c1-20-8-5-3-2-4-6-9-23-17-31(23,30(36)37)18-28(34)27-15-22-14-26(38-25-11-7-10-24(32)16-25)13-12-21(22)19-33(27)29(20)35/h6-7,9-14,16,20,23,27H,2-5,8,15,17-19H2,1H3,(H,36,37)/b9-6-/t20-,23+,27-,31+/m0/s1. The number of ketones is 1. The SMILES string of the molecule is C[C@H]1CCCCC/C=C\[C@@H]2C[C@@]2(C(=O)O)CC(=O)[C@@H]2Cc3cc(Oc4cccc(Cl)c4)ccc3CN2C1=O. The summed E-state index contributed by atoms with van der Waals surface area (Å²) >= 11 is 6.10. The van der Waals surface area contributed by atoms with Crippen LogP contribution >= 0.6 is 11.6 Å². The highest BCUT2D eigenvalue weighted by Gasteiger charge is 2.60. The number of fused-ring (bicyclic) bond motifs is 3. The van der Waals surface area contributed by atoms with Gasteiger partial charge < -0.3 is 14.7 Å². The zero-order chi connectivity index (χ0) is 26.9. The third-order valence-corrected chi connectivity index (χ3v) is 8.58. The number of carbonyl (C=O) groups is 3. The van der Waals surface area contributed by atoms with E-state index in [2.05, 4.69) is 6.08 Å². The lowest BCUT2D eigenvalue weighted by atomic mass is 9.85. The highest BCUT2D eigenvalue weighted by molar-refractivity contribution is 6.30. The van der Waals surface area contributed by atoms with Gasteiger partial charge in [0.05, 0.1) is 11.5 Å². The highest BCUT2D eigenvalue weighted by atomic mass is 35.5. The molecule has 2 aromatic rings. The molecule has 2 aromatic carbocycles. The maximum absolute atomic E-state index is 13.8. The molecule has 1 aliphatic carbocycles. The maximum atomic E-state index is 13.8. The van der Waals surface area contributed by atoms with Crippen LogP contribution in [0.3, 0.4) is 0 Å². The summed E-state index contributed by atoms with van der Waals surface area (Å²) in [5, 5.41) is 10.6. The summed E-state index contributed by atoms with van der Waals surface area (Å²) < 4.78 is 6.01. The summed E-state index contributed by atoms with van der Waals surface area (Å²) in [6.45, 7) is 2.27. The molecule has 0 spiro atoms. The van der Waals surface area contributed by atoms with E-state index in [0.29, 0.717) is 35.9 Å². The molecular weight excluding hydrogens is 502 g/mol. The third-order valence-electron chi connectivity index (χ3n) is 8.34. The van der Waals surface area contributed by atoms with Gasteiger partial charge in [-0.15, -0.1) is 0 Å². The molecule has 1 amide bonds. The topological polar surface area (TPSA) is 83.9 Å². The highest BCUT2D eigenvalue weighted by Crippen LogP contribution is 2.57. The minimum Gasteiger partial charge on any atom is -0.481 e. The van der Waals surface area contributed by atoms with Crippen molar-refractivity contribution in [1.29, 1.82) is 0 Å². The number of benzene rings is 2. The van der Waals surface area contributed by atoms with Gasteiger partial charge in [-0.05, 0) is 73.1 Å². The van der Waals surface area contributed by atoms with E-state index in [0.717, 1.165) is 43.2 Å². The molecule has 7 heteroatoms. The fourth-order valence-corrected chi connectivity index (χ4v) is 6.08. The second kappa shape index (κ2) is 10.9. The predicted molar refractivity (Wildman–Crippen MR) is 145 cm³/mol. The number of carboxylic acids is 1. The van der Waals surface area contributed by atoms with E-state index in [-0.39, 0.29) is 29.9 Å². The van der Waals surface area contributed by atoms with Crippen LogP contribution < -0.4 is 4.74 Å². The van der Waals surface area contributed by atoms with Gasteiger partial charge in [0.1, 0.15) is 11.5 Å². The number of amides is 1. The Balaban J connectivity index is 1.44. The van der Waals surface area contributed by atoms with E-state index in [1.54, 1.807) is 17.0 Å². The first-order valence-corrected chi connectivity index (χ1v) is 13.9. The quantitative estimate of drug-likeness (QED) is 0.448. The second-order valence-corrected chi connectivity index (χ2v) is 11.5. The van der Waals surface area contributed by atoms with E-state index in [9.17, 15) is 19.5 Å². The molecule has 2 heterocycles. The fraction of sp³-hybridized carbons (Fsp3) is 0.452. The number of hydrogen-bond donors (Lipinski definition) is 1. The van der Waals surface area contributed by atoms with Crippen molar-refractivity contribution >= 4 is 29.3 Å². The number of allylic oxidation sites excluding steroid dienone is 2. The summed E-state index contributed by atoms with van der Waals surface area (Å²) in [6.07, 6.45) is 9.48. The molecule has 2 aliphatic heterocycles. The molecular formula is C31H34ClNO5. The fourth-order valence-electron chi connectivity index (χ4n) is 5.90. The number of ether oxygens (including phenoxy) is 1. The van der Waals surface area contributed by atoms with Crippen molar-refractivity contribution in [3.8, 4) is 11.5 Å². The van der Waals surface area contributed by atoms with Crippen molar-refractivity contribution in [3.63, 3.8) is 0 Å². The predicted octanol–water partition coefficient (Wildman–Crippen LogP) is 6.59. The summed E-state index contributed by atoms with van der Waals surface area (Å²) in [7, 11) is 0. The molecule has 5 rings (SSSR count). The lowest BCUT2D eigenvalue weighted by Crippen LogP contribution is -2.51. The molecule has 0 unspecified atom stereocenters. The summed E-state index contributed by atoms with van der Waals surface area (Å²) in [6, 6.07) is 12.2. The lowest BCUT2D eigenvalue weighted by molar-refractivity contribution is -0.148. The number of nitrogens with zero attached hydrogens (tertiary/aromatic N) is 1. The average Bonchev–Trinajstić information content (AvgIpc) is 3.59. The second-order valence-electron chi connectivity index (χ2n) is 11.1. The Kier molecular flexibility index (Phi) is 7.62. The van der Waals surface area contributed by atoms with Gasteiger partial charge in [0.2, 0.25) is 5.91 Å². The van der Waals surface area contributed by atoms with Crippen molar-refractivity contribution < 1.29 is 24.2 Å². The monoisotopic (exact) mass is 535 g/mol. The molecule has 1 N–H and O–H groups in total. The number of aliphatic carboxylic acids is 1. The van der Waals surface area contributed by atoms with Crippen LogP contribution in [0.15, 0.2) is 54.6 Å². The molecule has 1 saturated carbocycles. The van der Waals surface area contributed by atoms with Crippen LogP contribution in [-0.2, 0) is 27.3 Å². The normalized spacial score (nSPS) is 28.7. The molecule has 0 aromatic heterocycles. The zero-order valence-electron chi connectivity index (χ0n) is 21.7. The molecule has 38 heavy (non-hydrogen) atoms. The van der Waals surface area contributed by atoms with E-state index >= 15 is 0 Å². The summed E-state index contributed by atoms with van der Waals surface area (Å²) in [5.74, 6) is -0.225. The van der Waals surface area contributed by atoms with Crippen molar-refractivity contribution in [3.05, 3.63) is 70.8 Å². The molecule has 3 aliphatic rings. The molecule has 200 valence electrons. The van der Waals surface area contributed by atoms with Gasteiger partial charge in [0.15, 0.2) is 5.78 Å². The van der Waals surface area contributed by atoms with E-state index in [1.165, 1.54) is 0 Å². The first-order valence-electron chi connectivity index (χ1n) is 13.6. The Morgan fingerprint density at radius 3 is 2.68 bits per heavy atom. The van der Waals surface area contributed by atoms with Crippen LogP contribution in [0.1, 0.15) is 63.0 Å². The molecule has 0 bridgehead atoms. The lowest BCUT2D eigenvalue weighted by Gasteiger charge is -2.38. The number of hydrogen-bond acceptors (Lipinski definition) is 4. The van der Waals surface area contributed by atoms with Crippen LogP contribution in [-0.4, -0.2) is 33.7 Å². The molecule has 4 atom stereocenters. The Hall–Kier alpha value is -3.12. The third kappa shape index (κ3) is 5.51. The van der Waals surface area contributed by atoms with E-state index < -0.39 is 17.4 Å². The number of rotatable bonds is 3. The number of Topliss-reactive ketones (excluding diaryl/α,β-unsaturated/α-hetero) is 1. The van der Waals surface area contributed by atoms with Crippen LogP contribution in [0, 0.1) is 17.3 Å². The van der Waals surface area contributed by atoms with Crippen molar-refractivity contribution in [2.24, 2.45) is 17.3 Å². The number of carboxylic acid groups (broad SMARTS) is 1. The minimum absolute atomic E-state index is 0.0297. The van der Waals surface area contributed by atoms with Gasteiger partial charge in [0.25, 0.3) is 0 Å². The van der Waals surface area contributed by atoms with Gasteiger partial charge in [0, 0.05) is 30.3 Å². The van der Waals surface area contributed by atoms with Crippen LogP contribution in [0.2, 0.25) is 5.02 Å². The first-order chi connectivity index (χ1) is 18.3. The van der Waals surface area contributed by atoms with Crippen LogP contribution in [0.5, 0.6) is 11.5 Å². The Morgan fingerprint density at radius 1 is 1.08 bits per heavy atom. The van der Waals surface area contributed by atoms with Gasteiger partial charge in [-0.3, -0.25) is 14.4 Å².